The second-order valence-electron chi connectivity index (χ2n) is 8.52. The molecule has 1 aromatic carbocycles. The molecule has 0 spiro atoms. The smallest absolute Gasteiger partial charge is 0.103 e. The lowest BCUT2D eigenvalue weighted by atomic mass is 10.1. The Morgan fingerprint density at radius 1 is 1.09 bits per heavy atom. The Balaban J connectivity index is 1.37. The highest BCUT2D eigenvalue weighted by Gasteiger charge is 2.12. The average molecular weight is 450 g/mol. The lowest BCUT2D eigenvalue weighted by Crippen LogP contribution is -2.42. The zero-order valence-electron chi connectivity index (χ0n) is 19.2. The zero-order chi connectivity index (χ0) is 23.3. The Hall–Kier alpha value is -3.99. The summed E-state index contributed by atoms with van der Waals surface area (Å²) in [4.78, 5) is 14.6. The first-order valence-electron chi connectivity index (χ1n) is 11.5. The maximum Gasteiger partial charge on any atom is 0.103 e. The van der Waals surface area contributed by atoms with Crippen LogP contribution in [0.25, 0.3) is 23.1 Å². The van der Waals surface area contributed by atoms with Crippen molar-refractivity contribution < 1.29 is 0 Å². The van der Waals surface area contributed by atoms with Gasteiger partial charge in [0, 0.05) is 79.7 Å². The minimum Gasteiger partial charge on any atom is -0.361 e. The Morgan fingerprint density at radius 2 is 1.97 bits per heavy atom. The number of piperazine rings is 1. The van der Waals surface area contributed by atoms with E-state index in [1.165, 1.54) is 5.56 Å². The standard InChI is InChI=1S/C27H27N7/c1-19-24-8-9-31-26(24)7-6-25(19)33-27-21(16-30-17-22(27)14-28)3-5-23-4-2-20(15-32-23)18-34-12-10-29-11-13-34/h2-9,15-17,29,31H,10-13,18H2,1H3,(H,30,33)/b5-3+. The van der Waals surface area contributed by atoms with Crippen LogP contribution in [0.1, 0.15) is 27.9 Å². The number of aromatic nitrogens is 3. The van der Waals surface area contributed by atoms with Gasteiger partial charge in [0.1, 0.15) is 6.07 Å². The van der Waals surface area contributed by atoms with Crippen LogP contribution in [0.2, 0.25) is 0 Å². The van der Waals surface area contributed by atoms with Crippen LogP contribution >= 0.6 is 0 Å². The van der Waals surface area contributed by atoms with E-state index in [-0.39, 0.29) is 0 Å². The molecule has 1 fully saturated rings. The van der Waals surface area contributed by atoms with Crippen LogP contribution in [0.15, 0.2) is 55.1 Å². The summed E-state index contributed by atoms with van der Waals surface area (Å²) in [6.07, 6.45) is 11.2. The van der Waals surface area contributed by atoms with E-state index in [2.05, 4.69) is 55.6 Å². The number of anilines is 2. The molecule has 7 heteroatoms. The van der Waals surface area contributed by atoms with E-state index in [1.807, 2.05) is 42.7 Å². The first-order chi connectivity index (χ1) is 16.7. The SMILES string of the molecule is Cc1c(Nc2c(C#N)cncc2/C=C/c2ccc(CN3CCNCC3)cn2)ccc2[nH]ccc12. The third kappa shape index (κ3) is 4.69. The van der Waals surface area contributed by atoms with Crippen molar-refractivity contribution in [1.82, 2.24) is 25.2 Å². The second-order valence-corrected chi connectivity index (χ2v) is 8.52. The Kier molecular flexibility index (Phi) is 6.34. The van der Waals surface area contributed by atoms with E-state index in [9.17, 15) is 5.26 Å². The van der Waals surface area contributed by atoms with Crippen molar-refractivity contribution in [1.29, 1.82) is 5.26 Å². The zero-order valence-corrected chi connectivity index (χ0v) is 19.2. The molecule has 0 unspecified atom stereocenters. The number of pyridine rings is 2. The number of hydrogen-bond acceptors (Lipinski definition) is 6. The van der Waals surface area contributed by atoms with Gasteiger partial charge in [-0.2, -0.15) is 5.26 Å². The van der Waals surface area contributed by atoms with Crippen LogP contribution < -0.4 is 10.6 Å². The number of aryl methyl sites for hydroxylation is 1. The molecule has 0 saturated carbocycles. The Morgan fingerprint density at radius 3 is 2.76 bits per heavy atom. The third-order valence-corrected chi connectivity index (χ3v) is 6.26. The molecule has 0 amide bonds. The van der Waals surface area contributed by atoms with Gasteiger partial charge in [-0.3, -0.25) is 14.9 Å². The van der Waals surface area contributed by atoms with Gasteiger partial charge in [0.2, 0.25) is 0 Å². The highest BCUT2D eigenvalue weighted by molar-refractivity contribution is 5.90. The Labute approximate surface area is 199 Å². The lowest BCUT2D eigenvalue weighted by Gasteiger charge is -2.27. The van der Waals surface area contributed by atoms with Crippen LogP contribution in [-0.4, -0.2) is 46.0 Å². The van der Waals surface area contributed by atoms with Crippen molar-refractivity contribution in [2.45, 2.75) is 13.5 Å². The molecular formula is C27H27N7. The quantitative estimate of drug-likeness (QED) is 0.403. The van der Waals surface area contributed by atoms with Crippen molar-refractivity contribution in [2.24, 2.45) is 0 Å². The van der Waals surface area contributed by atoms with Gasteiger partial charge in [0.15, 0.2) is 0 Å². The van der Waals surface area contributed by atoms with E-state index in [4.69, 9.17) is 0 Å². The van der Waals surface area contributed by atoms with Crippen LogP contribution in [-0.2, 0) is 6.54 Å². The van der Waals surface area contributed by atoms with Gasteiger partial charge in [-0.05, 0) is 54.5 Å². The number of H-pyrrole nitrogens is 1. The van der Waals surface area contributed by atoms with Crippen molar-refractivity contribution in [2.75, 3.05) is 31.5 Å². The highest BCUT2D eigenvalue weighted by atomic mass is 15.2. The van der Waals surface area contributed by atoms with Crippen molar-refractivity contribution >= 4 is 34.4 Å². The number of nitrogens with zero attached hydrogens (tertiary/aromatic N) is 4. The number of nitrogens with one attached hydrogen (secondary N) is 3. The lowest BCUT2D eigenvalue weighted by molar-refractivity contribution is 0.233. The van der Waals surface area contributed by atoms with Crippen molar-refractivity contribution in [3.8, 4) is 6.07 Å². The summed E-state index contributed by atoms with van der Waals surface area (Å²) in [6, 6.07) is 12.6. The first-order valence-corrected chi connectivity index (χ1v) is 11.5. The molecule has 7 nitrogen and oxygen atoms in total. The molecule has 0 radical (unpaired) electrons. The minimum atomic E-state index is 0.495. The molecular weight excluding hydrogens is 422 g/mol. The van der Waals surface area contributed by atoms with Gasteiger partial charge < -0.3 is 15.6 Å². The van der Waals surface area contributed by atoms with E-state index >= 15 is 0 Å². The van der Waals surface area contributed by atoms with Crippen LogP contribution in [0, 0.1) is 18.3 Å². The molecule has 1 saturated heterocycles. The van der Waals surface area contributed by atoms with E-state index < -0.39 is 0 Å². The van der Waals surface area contributed by atoms with Crippen LogP contribution in [0.5, 0.6) is 0 Å². The molecule has 170 valence electrons. The summed E-state index contributed by atoms with van der Waals surface area (Å²) >= 11 is 0. The molecule has 1 aliphatic rings. The van der Waals surface area contributed by atoms with Crippen molar-refractivity contribution in [3.63, 3.8) is 0 Å². The Bertz CT molecular complexity index is 1360. The molecule has 4 aromatic rings. The number of aromatic amines is 1. The predicted molar refractivity (Wildman–Crippen MR) is 137 cm³/mol. The summed E-state index contributed by atoms with van der Waals surface area (Å²) < 4.78 is 0. The second kappa shape index (κ2) is 9.87. The van der Waals surface area contributed by atoms with Gasteiger partial charge in [-0.15, -0.1) is 0 Å². The van der Waals surface area contributed by atoms with Gasteiger partial charge in [-0.1, -0.05) is 6.07 Å². The molecule has 34 heavy (non-hydrogen) atoms. The summed E-state index contributed by atoms with van der Waals surface area (Å²) in [6.45, 7) is 7.21. The summed E-state index contributed by atoms with van der Waals surface area (Å²) in [5, 5.41) is 17.7. The van der Waals surface area contributed by atoms with Crippen molar-refractivity contribution in [3.05, 3.63) is 83.1 Å². The van der Waals surface area contributed by atoms with Gasteiger partial charge in [0.05, 0.1) is 16.9 Å². The number of hydrogen-bond donors (Lipinski definition) is 3. The maximum absolute atomic E-state index is 9.70. The fourth-order valence-electron chi connectivity index (χ4n) is 4.31. The number of fused-ring (bicyclic) bond motifs is 1. The largest absolute Gasteiger partial charge is 0.361 e. The molecule has 0 aliphatic carbocycles. The average Bonchev–Trinajstić information content (AvgIpc) is 3.36. The topological polar surface area (TPSA) is 92.7 Å². The van der Waals surface area contributed by atoms with Gasteiger partial charge in [0.25, 0.3) is 0 Å². The maximum atomic E-state index is 9.70. The minimum absolute atomic E-state index is 0.495. The van der Waals surface area contributed by atoms with E-state index in [0.717, 1.165) is 71.8 Å². The van der Waals surface area contributed by atoms with E-state index in [1.54, 1.807) is 12.4 Å². The fourth-order valence-corrected chi connectivity index (χ4v) is 4.31. The fraction of sp³-hybridized carbons (Fsp3) is 0.222. The van der Waals surface area contributed by atoms with Gasteiger partial charge >= 0.3 is 0 Å². The third-order valence-electron chi connectivity index (χ3n) is 6.26. The first kappa shape index (κ1) is 21.8. The summed E-state index contributed by atoms with van der Waals surface area (Å²) in [5.74, 6) is 0. The molecule has 0 atom stereocenters. The molecule has 1 aliphatic heterocycles. The van der Waals surface area contributed by atoms with Gasteiger partial charge in [-0.25, -0.2) is 0 Å². The number of benzene rings is 1. The summed E-state index contributed by atoms with van der Waals surface area (Å²) in [5.41, 5.74) is 7.31. The van der Waals surface area contributed by atoms with E-state index in [0.29, 0.717) is 5.56 Å². The number of rotatable bonds is 6. The summed E-state index contributed by atoms with van der Waals surface area (Å²) in [7, 11) is 0. The molecule has 3 aromatic heterocycles. The molecule has 4 heterocycles. The monoisotopic (exact) mass is 449 g/mol. The van der Waals surface area contributed by atoms with Crippen LogP contribution in [0.4, 0.5) is 11.4 Å². The van der Waals surface area contributed by atoms with Crippen LogP contribution in [0.3, 0.4) is 0 Å². The molecule has 0 bridgehead atoms. The molecule has 5 rings (SSSR count). The normalized spacial score (nSPS) is 14.5. The predicted octanol–water partition coefficient (Wildman–Crippen LogP) is 4.46. The highest BCUT2D eigenvalue weighted by Crippen LogP contribution is 2.31. The molecule has 3 N–H and O–H groups in total. The number of nitriles is 1.